The van der Waals surface area contributed by atoms with Crippen molar-refractivity contribution >= 4 is 29.4 Å². The second kappa shape index (κ2) is 13.0. The van der Waals surface area contributed by atoms with Crippen LogP contribution in [-0.4, -0.2) is 40.0 Å². The number of carbonyl (C=O) groups is 2. The first kappa shape index (κ1) is 31.4. The molecule has 0 N–H and O–H groups in total. The highest BCUT2D eigenvalue weighted by atomic mass is 32.1. The van der Waals surface area contributed by atoms with E-state index < -0.39 is 23.5 Å². The third kappa shape index (κ3) is 6.15. The monoisotopic (exact) mass is 652 g/mol. The Kier molecular flexibility index (Phi) is 8.68. The van der Waals surface area contributed by atoms with Gasteiger partial charge in [-0.1, -0.05) is 35.6 Å². The topological polar surface area (TPSA) is 114 Å². The lowest BCUT2D eigenvalue weighted by Crippen LogP contribution is -2.40. The minimum Gasteiger partial charge on any atom is -0.493 e. The van der Waals surface area contributed by atoms with Crippen LogP contribution in [0.25, 0.3) is 23.0 Å². The number of allylic oxidation sites excluding steroid dienone is 1. The van der Waals surface area contributed by atoms with Gasteiger partial charge in [-0.15, -0.1) is 0 Å². The first-order valence-electron chi connectivity index (χ1n) is 14.7. The minimum absolute atomic E-state index is 0.124. The molecular weight excluding hydrogens is 623 g/mol. The van der Waals surface area contributed by atoms with Gasteiger partial charge in [-0.05, 0) is 74.0 Å². The number of hydrogen-bond acceptors (Lipinski definition) is 9. The fourth-order valence-electron chi connectivity index (χ4n) is 5.38. The molecule has 5 aromatic rings. The Morgan fingerprint density at radius 2 is 1.79 bits per heavy atom. The van der Waals surface area contributed by atoms with Crippen molar-refractivity contribution in [3.63, 3.8) is 0 Å². The van der Waals surface area contributed by atoms with Gasteiger partial charge in [0.25, 0.3) is 5.56 Å². The van der Waals surface area contributed by atoms with Crippen molar-refractivity contribution in [3.8, 4) is 28.4 Å². The van der Waals surface area contributed by atoms with Crippen LogP contribution in [0.1, 0.15) is 37.9 Å². The first-order valence-corrected chi connectivity index (χ1v) is 15.5. The van der Waals surface area contributed by atoms with E-state index in [4.69, 9.17) is 19.3 Å². The molecule has 2 aromatic heterocycles. The number of para-hydroxylation sites is 1. The Morgan fingerprint density at radius 3 is 2.47 bits per heavy atom. The summed E-state index contributed by atoms with van der Waals surface area (Å²) < 4.78 is 33.5. The lowest BCUT2D eigenvalue weighted by Gasteiger charge is -2.25. The predicted octanol–water partition coefficient (Wildman–Crippen LogP) is 4.72. The molecule has 1 unspecified atom stereocenters. The van der Waals surface area contributed by atoms with Crippen molar-refractivity contribution in [2.24, 2.45) is 4.99 Å². The van der Waals surface area contributed by atoms with E-state index in [0.29, 0.717) is 37.4 Å². The number of rotatable bonds is 8. The van der Waals surface area contributed by atoms with Crippen molar-refractivity contribution in [2.45, 2.75) is 26.8 Å². The summed E-state index contributed by atoms with van der Waals surface area (Å²) in [6, 6.07) is 19.4. The maximum Gasteiger partial charge on any atom is 0.338 e. The number of aromatic nitrogens is 3. The predicted molar refractivity (Wildman–Crippen MR) is 174 cm³/mol. The number of benzene rings is 3. The van der Waals surface area contributed by atoms with E-state index in [-0.39, 0.29) is 29.5 Å². The highest BCUT2D eigenvalue weighted by molar-refractivity contribution is 7.07. The van der Waals surface area contributed by atoms with Crippen LogP contribution in [0, 0.1) is 5.82 Å². The van der Waals surface area contributed by atoms with E-state index in [2.05, 4.69) is 4.99 Å². The standard InChI is InChI=1S/C35H29FN4O6S/c1-5-45-34(43)30-20(2)37-35-40(32(30)23-13-16-27(46-21(3)41)28(17-23)44-4)33(42)29(47-35)18-24-19-39(26-9-7-6-8-10-26)38-31(24)22-11-14-25(36)15-12-22/h6-19,32H,5H2,1-4H3/b29-18-. The first-order chi connectivity index (χ1) is 22.7. The second-order valence-electron chi connectivity index (χ2n) is 10.5. The highest BCUT2D eigenvalue weighted by Gasteiger charge is 2.34. The third-order valence-electron chi connectivity index (χ3n) is 7.44. The molecule has 1 aliphatic heterocycles. The van der Waals surface area contributed by atoms with Crippen LogP contribution >= 0.6 is 11.3 Å². The fourth-order valence-corrected chi connectivity index (χ4v) is 6.42. The zero-order valence-electron chi connectivity index (χ0n) is 25.9. The van der Waals surface area contributed by atoms with Crippen LogP contribution in [0.3, 0.4) is 0 Å². The molecular formula is C35H29FN4O6S. The van der Waals surface area contributed by atoms with Gasteiger partial charge in [0.2, 0.25) is 0 Å². The Hall–Kier alpha value is -5.62. The van der Waals surface area contributed by atoms with Crippen LogP contribution in [0.15, 0.2) is 100 Å². The highest BCUT2D eigenvalue weighted by Crippen LogP contribution is 2.36. The van der Waals surface area contributed by atoms with Crippen molar-refractivity contribution in [1.29, 1.82) is 0 Å². The quantitative estimate of drug-likeness (QED) is 0.176. The molecule has 10 nitrogen and oxygen atoms in total. The second-order valence-corrected chi connectivity index (χ2v) is 11.5. The van der Waals surface area contributed by atoms with E-state index >= 15 is 0 Å². The summed E-state index contributed by atoms with van der Waals surface area (Å²) in [5, 5.41) is 4.78. The smallest absolute Gasteiger partial charge is 0.338 e. The number of halogens is 1. The number of hydrogen-bond donors (Lipinski definition) is 0. The molecule has 0 spiro atoms. The number of methoxy groups -OCH3 is 1. The Balaban J connectivity index is 1.56. The molecule has 3 heterocycles. The van der Waals surface area contributed by atoms with Crippen molar-refractivity contribution in [2.75, 3.05) is 13.7 Å². The van der Waals surface area contributed by atoms with E-state index in [1.165, 1.54) is 30.7 Å². The van der Waals surface area contributed by atoms with Crippen molar-refractivity contribution in [3.05, 3.63) is 127 Å². The molecule has 238 valence electrons. The molecule has 1 aliphatic rings. The van der Waals surface area contributed by atoms with Gasteiger partial charge >= 0.3 is 11.9 Å². The molecule has 1 atom stereocenters. The van der Waals surface area contributed by atoms with Crippen LogP contribution in [-0.2, 0) is 14.3 Å². The largest absolute Gasteiger partial charge is 0.493 e. The zero-order chi connectivity index (χ0) is 33.2. The summed E-state index contributed by atoms with van der Waals surface area (Å²) in [7, 11) is 1.43. The van der Waals surface area contributed by atoms with E-state index in [0.717, 1.165) is 17.0 Å². The molecule has 6 rings (SSSR count). The third-order valence-corrected chi connectivity index (χ3v) is 8.42. The number of nitrogens with zero attached hydrogens (tertiary/aromatic N) is 4. The maximum atomic E-state index is 14.3. The Bertz CT molecular complexity index is 2220. The molecule has 0 aliphatic carbocycles. The molecule has 0 amide bonds. The Morgan fingerprint density at radius 1 is 1.04 bits per heavy atom. The molecule has 0 radical (unpaired) electrons. The molecule has 0 fully saturated rings. The number of carbonyl (C=O) groups excluding carboxylic acids is 2. The Labute approximate surface area is 272 Å². The summed E-state index contributed by atoms with van der Waals surface area (Å²) in [6.07, 6.45) is 3.53. The minimum atomic E-state index is -0.920. The average Bonchev–Trinajstić information content (AvgIpc) is 3.61. The van der Waals surface area contributed by atoms with Gasteiger partial charge in [-0.25, -0.2) is 18.9 Å². The summed E-state index contributed by atoms with van der Waals surface area (Å²) in [5.74, 6) is -1.08. The maximum absolute atomic E-state index is 14.3. The van der Waals surface area contributed by atoms with Gasteiger partial charge in [-0.2, -0.15) is 5.10 Å². The van der Waals surface area contributed by atoms with Crippen LogP contribution in [0.4, 0.5) is 4.39 Å². The van der Waals surface area contributed by atoms with E-state index in [9.17, 15) is 18.8 Å². The lowest BCUT2D eigenvalue weighted by atomic mass is 9.95. The molecule has 0 bridgehead atoms. The fraction of sp³-hybridized carbons (Fsp3) is 0.171. The number of ether oxygens (including phenoxy) is 3. The van der Waals surface area contributed by atoms with E-state index in [1.54, 1.807) is 61.1 Å². The zero-order valence-corrected chi connectivity index (χ0v) is 26.7. The number of esters is 2. The summed E-state index contributed by atoms with van der Waals surface area (Å²) in [5.41, 5.74) is 3.35. The SMILES string of the molecule is CCOC(=O)C1=C(C)N=c2s/c(=C\c3cn(-c4ccccc4)nc3-c3ccc(F)cc3)c(=O)n2C1c1ccc(OC(C)=O)c(OC)c1. The van der Waals surface area contributed by atoms with Crippen molar-refractivity contribution in [1.82, 2.24) is 14.3 Å². The van der Waals surface area contributed by atoms with Gasteiger partial charge < -0.3 is 14.2 Å². The lowest BCUT2D eigenvalue weighted by molar-refractivity contribution is -0.139. The van der Waals surface area contributed by atoms with Gasteiger partial charge in [0.1, 0.15) is 11.5 Å². The van der Waals surface area contributed by atoms with Gasteiger partial charge in [0.05, 0.1) is 41.2 Å². The summed E-state index contributed by atoms with van der Waals surface area (Å²) >= 11 is 1.16. The van der Waals surface area contributed by atoms with Gasteiger partial charge in [0, 0.05) is 24.2 Å². The molecule has 3 aromatic carbocycles. The van der Waals surface area contributed by atoms with Gasteiger partial charge in [0.15, 0.2) is 16.3 Å². The summed E-state index contributed by atoms with van der Waals surface area (Å²) in [6.45, 7) is 4.79. The van der Waals surface area contributed by atoms with E-state index in [1.807, 2.05) is 30.3 Å². The van der Waals surface area contributed by atoms with Crippen LogP contribution in [0.2, 0.25) is 0 Å². The average molecular weight is 653 g/mol. The molecule has 0 saturated heterocycles. The van der Waals surface area contributed by atoms with Gasteiger partial charge in [-0.3, -0.25) is 14.2 Å². The number of thiazole rings is 1. The number of fused-ring (bicyclic) bond motifs is 1. The van der Waals surface area contributed by atoms with Crippen molar-refractivity contribution < 1.29 is 28.2 Å². The molecule has 12 heteroatoms. The normalized spacial score (nSPS) is 14.4. The summed E-state index contributed by atoms with van der Waals surface area (Å²) in [4.78, 5) is 44.3. The van der Waals surface area contributed by atoms with Crippen LogP contribution < -0.4 is 24.4 Å². The molecule has 0 saturated carbocycles. The van der Waals surface area contributed by atoms with Crippen LogP contribution in [0.5, 0.6) is 11.5 Å². The molecule has 47 heavy (non-hydrogen) atoms.